The summed E-state index contributed by atoms with van der Waals surface area (Å²) in [6.45, 7) is 4.90. The first-order valence-corrected chi connectivity index (χ1v) is 10.2. The fourth-order valence-electron chi connectivity index (χ4n) is 3.49. The topological polar surface area (TPSA) is 45.9 Å². The highest BCUT2D eigenvalue weighted by atomic mass is 32.2. The van der Waals surface area contributed by atoms with Crippen LogP contribution < -0.4 is 4.90 Å². The highest BCUT2D eigenvalue weighted by Crippen LogP contribution is 2.34. The van der Waals surface area contributed by atoms with Crippen molar-refractivity contribution < 1.29 is 13.9 Å². The number of hydrogen-bond acceptors (Lipinski definition) is 5. The predicted octanol–water partition coefficient (Wildman–Crippen LogP) is 3.44. The van der Waals surface area contributed by atoms with E-state index in [-0.39, 0.29) is 5.91 Å². The largest absolute Gasteiger partial charge is 0.468 e. The lowest BCUT2D eigenvalue weighted by atomic mass is 10.1. The molecule has 0 spiro atoms. The molecule has 6 heteroatoms. The van der Waals surface area contributed by atoms with Crippen LogP contribution in [-0.2, 0) is 4.74 Å². The molecular formula is C20H24N2O3S. The van der Waals surface area contributed by atoms with Gasteiger partial charge in [0, 0.05) is 43.2 Å². The third-order valence-corrected chi connectivity index (χ3v) is 6.27. The van der Waals surface area contributed by atoms with Crippen molar-refractivity contribution in [3.05, 3.63) is 54.0 Å². The minimum absolute atomic E-state index is 0.124. The molecular weight excluding hydrogens is 348 g/mol. The van der Waals surface area contributed by atoms with Gasteiger partial charge in [0.05, 0.1) is 24.7 Å². The van der Waals surface area contributed by atoms with Crippen molar-refractivity contribution in [1.82, 2.24) is 4.90 Å². The zero-order valence-corrected chi connectivity index (χ0v) is 15.6. The first kappa shape index (κ1) is 17.5. The van der Waals surface area contributed by atoms with Crippen molar-refractivity contribution in [3.8, 4) is 0 Å². The van der Waals surface area contributed by atoms with Crippen LogP contribution in [0.1, 0.15) is 27.8 Å². The number of thioether (sulfide) groups is 1. The Hall–Kier alpha value is -1.92. The van der Waals surface area contributed by atoms with Gasteiger partial charge >= 0.3 is 0 Å². The summed E-state index contributed by atoms with van der Waals surface area (Å²) in [6.07, 6.45) is 2.65. The van der Waals surface area contributed by atoms with E-state index in [1.54, 1.807) is 6.26 Å². The molecule has 1 atom stereocenters. The summed E-state index contributed by atoms with van der Waals surface area (Å²) in [4.78, 5) is 17.2. The standard InChI is InChI=1S/C20H24N2O3S/c23-20(16-3-5-17(6-4-16)21-9-13-24-14-10-21)22-8-7-19(26-15-11-22)18-2-1-12-25-18/h1-6,12,19H,7-11,13-15H2. The predicted molar refractivity (Wildman–Crippen MR) is 104 cm³/mol. The molecule has 5 nitrogen and oxygen atoms in total. The highest BCUT2D eigenvalue weighted by Gasteiger charge is 2.24. The van der Waals surface area contributed by atoms with E-state index in [9.17, 15) is 4.79 Å². The summed E-state index contributed by atoms with van der Waals surface area (Å²) >= 11 is 1.87. The van der Waals surface area contributed by atoms with Gasteiger partial charge in [-0.05, 0) is 42.8 Å². The van der Waals surface area contributed by atoms with Crippen LogP contribution in [0.3, 0.4) is 0 Å². The molecule has 1 aromatic carbocycles. The molecule has 2 fully saturated rings. The number of rotatable bonds is 3. The van der Waals surface area contributed by atoms with Crippen LogP contribution >= 0.6 is 11.8 Å². The molecule has 2 aliphatic heterocycles. The molecule has 3 heterocycles. The lowest BCUT2D eigenvalue weighted by Crippen LogP contribution is -2.36. The van der Waals surface area contributed by atoms with Crippen molar-refractivity contribution in [2.24, 2.45) is 0 Å². The Morgan fingerprint density at radius 3 is 2.58 bits per heavy atom. The Morgan fingerprint density at radius 2 is 1.85 bits per heavy atom. The Bertz CT molecular complexity index is 711. The SMILES string of the molecule is O=C(c1ccc(N2CCOCC2)cc1)N1CCSC(c2ccco2)CC1. The van der Waals surface area contributed by atoms with E-state index >= 15 is 0 Å². The van der Waals surface area contributed by atoms with Gasteiger partial charge in [-0.15, -0.1) is 11.8 Å². The normalized spacial score (nSPS) is 21.5. The lowest BCUT2D eigenvalue weighted by molar-refractivity contribution is 0.0766. The average molecular weight is 372 g/mol. The number of hydrogen-bond donors (Lipinski definition) is 0. The Morgan fingerprint density at radius 1 is 1.04 bits per heavy atom. The Balaban J connectivity index is 1.39. The minimum atomic E-state index is 0.124. The van der Waals surface area contributed by atoms with E-state index < -0.39 is 0 Å². The second-order valence-corrected chi connectivity index (χ2v) is 7.91. The van der Waals surface area contributed by atoms with Crippen LogP contribution in [0.15, 0.2) is 47.1 Å². The van der Waals surface area contributed by atoms with Gasteiger partial charge in [-0.2, -0.15) is 0 Å². The van der Waals surface area contributed by atoms with Crippen LogP contribution in [-0.4, -0.2) is 56.0 Å². The summed E-state index contributed by atoms with van der Waals surface area (Å²) in [5.74, 6) is 2.07. The molecule has 0 saturated carbocycles. The number of carbonyl (C=O) groups excluding carboxylic acids is 1. The molecule has 4 rings (SSSR count). The fraction of sp³-hybridized carbons (Fsp3) is 0.450. The van der Waals surface area contributed by atoms with Gasteiger partial charge in [0.2, 0.25) is 0 Å². The molecule has 0 aliphatic carbocycles. The molecule has 2 saturated heterocycles. The monoisotopic (exact) mass is 372 g/mol. The Kier molecular flexibility index (Phi) is 5.51. The van der Waals surface area contributed by atoms with Crippen LogP contribution in [0.4, 0.5) is 5.69 Å². The molecule has 0 bridgehead atoms. The summed E-state index contributed by atoms with van der Waals surface area (Å²) in [6, 6.07) is 12.0. The van der Waals surface area contributed by atoms with Crippen LogP contribution in [0.2, 0.25) is 0 Å². The number of furan rings is 1. The van der Waals surface area contributed by atoms with E-state index in [4.69, 9.17) is 9.15 Å². The fourth-order valence-corrected chi connectivity index (χ4v) is 4.68. The lowest BCUT2D eigenvalue weighted by Gasteiger charge is -2.29. The zero-order valence-electron chi connectivity index (χ0n) is 14.8. The van der Waals surface area contributed by atoms with E-state index in [0.717, 1.165) is 68.6 Å². The van der Waals surface area contributed by atoms with Gasteiger partial charge in [-0.3, -0.25) is 4.79 Å². The summed E-state index contributed by atoms with van der Waals surface area (Å²) in [5, 5.41) is 0.339. The van der Waals surface area contributed by atoms with Crippen LogP contribution in [0, 0.1) is 0 Å². The van der Waals surface area contributed by atoms with Crippen LogP contribution in [0.25, 0.3) is 0 Å². The molecule has 138 valence electrons. The molecule has 2 aromatic rings. The summed E-state index contributed by atoms with van der Waals surface area (Å²) in [5.41, 5.74) is 1.93. The molecule has 0 radical (unpaired) electrons. The van der Waals surface area contributed by atoms with E-state index in [2.05, 4.69) is 17.0 Å². The van der Waals surface area contributed by atoms with Crippen molar-refractivity contribution in [2.45, 2.75) is 11.7 Å². The van der Waals surface area contributed by atoms with Gasteiger partial charge in [0.1, 0.15) is 5.76 Å². The second-order valence-electron chi connectivity index (χ2n) is 6.60. The quantitative estimate of drug-likeness (QED) is 0.826. The molecule has 0 N–H and O–H groups in total. The van der Waals surface area contributed by atoms with E-state index in [1.807, 2.05) is 40.9 Å². The number of nitrogens with zero attached hydrogens (tertiary/aromatic N) is 2. The number of benzene rings is 1. The highest BCUT2D eigenvalue weighted by molar-refractivity contribution is 7.99. The molecule has 1 aromatic heterocycles. The molecule has 2 aliphatic rings. The summed E-state index contributed by atoms with van der Waals surface area (Å²) < 4.78 is 10.9. The van der Waals surface area contributed by atoms with Gasteiger partial charge in [0.15, 0.2) is 0 Å². The van der Waals surface area contributed by atoms with Crippen molar-refractivity contribution in [1.29, 1.82) is 0 Å². The molecule has 26 heavy (non-hydrogen) atoms. The molecule has 1 unspecified atom stereocenters. The Labute approximate surface area is 158 Å². The van der Waals surface area contributed by atoms with E-state index in [0.29, 0.717) is 5.25 Å². The summed E-state index contributed by atoms with van der Waals surface area (Å²) in [7, 11) is 0. The van der Waals surface area contributed by atoms with Gasteiger partial charge < -0.3 is 19.0 Å². The van der Waals surface area contributed by atoms with Crippen molar-refractivity contribution in [2.75, 3.05) is 50.0 Å². The van der Waals surface area contributed by atoms with Gasteiger partial charge in [-0.1, -0.05) is 0 Å². The number of ether oxygens (including phenoxy) is 1. The second kappa shape index (κ2) is 8.18. The maximum absolute atomic E-state index is 12.9. The average Bonchev–Trinajstić information content (AvgIpc) is 3.13. The van der Waals surface area contributed by atoms with Crippen LogP contribution in [0.5, 0.6) is 0 Å². The van der Waals surface area contributed by atoms with E-state index in [1.165, 1.54) is 0 Å². The van der Waals surface area contributed by atoms with Crippen molar-refractivity contribution in [3.63, 3.8) is 0 Å². The van der Waals surface area contributed by atoms with Gasteiger partial charge in [-0.25, -0.2) is 0 Å². The third kappa shape index (κ3) is 3.91. The maximum Gasteiger partial charge on any atom is 0.253 e. The number of morpholine rings is 1. The number of carbonyl (C=O) groups is 1. The first-order chi connectivity index (χ1) is 12.8. The molecule has 1 amide bonds. The first-order valence-electron chi connectivity index (χ1n) is 9.18. The third-order valence-electron chi connectivity index (χ3n) is 4.98. The zero-order chi connectivity index (χ0) is 17.8. The maximum atomic E-state index is 12.9. The number of amides is 1. The van der Waals surface area contributed by atoms with Crippen molar-refractivity contribution >= 4 is 23.4 Å². The number of anilines is 1. The van der Waals surface area contributed by atoms with Gasteiger partial charge in [0.25, 0.3) is 5.91 Å². The smallest absolute Gasteiger partial charge is 0.253 e. The minimum Gasteiger partial charge on any atom is -0.468 e.